The molecule has 0 radical (unpaired) electrons. The SMILES string of the molecule is Cc1ccc(CN2CCN(S(=O)(=O)Cc3ccc(F)cc3)CC2)cc1. The molecule has 1 aliphatic rings. The number of rotatable bonds is 5. The van der Waals surface area contributed by atoms with Gasteiger partial charge in [-0.2, -0.15) is 4.31 Å². The third-order valence-corrected chi connectivity index (χ3v) is 6.36. The number of aryl methyl sites for hydroxylation is 1. The molecule has 0 atom stereocenters. The third kappa shape index (κ3) is 4.87. The highest BCUT2D eigenvalue weighted by Gasteiger charge is 2.27. The van der Waals surface area contributed by atoms with Crippen molar-refractivity contribution in [2.24, 2.45) is 0 Å². The van der Waals surface area contributed by atoms with Crippen LogP contribution in [-0.2, 0) is 22.3 Å². The Kier molecular flexibility index (Phi) is 5.51. The van der Waals surface area contributed by atoms with Crippen LogP contribution in [0.5, 0.6) is 0 Å². The van der Waals surface area contributed by atoms with E-state index in [0.717, 1.165) is 19.6 Å². The molecule has 3 rings (SSSR count). The van der Waals surface area contributed by atoms with Gasteiger partial charge in [0.25, 0.3) is 0 Å². The lowest BCUT2D eigenvalue weighted by molar-refractivity contribution is 0.181. The van der Waals surface area contributed by atoms with E-state index in [0.29, 0.717) is 18.7 Å². The number of piperazine rings is 1. The van der Waals surface area contributed by atoms with E-state index < -0.39 is 10.0 Å². The molecule has 0 spiro atoms. The summed E-state index contributed by atoms with van der Waals surface area (Å²) in [6.45, 7) is 5.33. The van der Waals surface area contributed by atoms with Crippen LogP contribution in [0.2, 0.25) is 0 Å². The number of hydrogen-bond acceptors (Lipinski definition) is 3. The summed E-state index contributed by atoms with van der Waals surface area (Å²) in [5, 5.41) is 0. The van der Waals surface area contributed by atoms with Crippen LogP contribution < -0.4 is 0 Å². The summed E-state index contributed by atoms with van der Waals surface area (Å²) in [6, 6.07) is 14.1. The Morgan fingerprint density at radius 1 is 0.880 bits per heavy atom. The molecule has 0 saturated carbocycles. The smallest absolute Gasteiger partial charge is 0.218 e. The zero-order valence-electron chi connectivity index (χ0n) is 14.4. The molecule has 134 valence electrons. The van der Waals surface area contributed by atoms with Crippen LogP contribution in [-0.4, -0.2) is 43.8 Å². The van der Waals surface area contributed by atoms with Gasteiger partial charge in [-0.1, -0.05) is 42.0 Å². The lowest BCUT2D eigenvalue weighted by Gasteiger charge is -2.34. The summed E-state index contributed by atoms with van der Waals surface area (Å²) in [4.78, 5) is 2.27. The number of benzene rings is 2. The summed E-state index contributed by atoms with van der Waals surface area (Å²) in [7, 11) is -3.37. The Morgan fingerprint density at radius 3 is 2.04 bits per heavy atom. The highest BCUT2D eigenvalue weighted by Crippen LogP contribution is 2.16. The average Bonchev–Trinajstić information content (AvgIpc) is 2.59. The van der Waals surface area contributed by atoms with Gasteiger partial charge in [-0.3, -0.25) is 4.90 Å². The van der Waals surface area contributed by atoms with Gasteiger partial charge < -0.3 is 0 Å². The quantitative estimate of drug-likeness (QED) is 0.821. The first-order valence-corrected chi connectivity index (χ1v) is 10.0. The Labute approximate surface area is 148 Å². The van der Waals surface area contributed by atoms with Crippen molar-refractivity contribution in [3.05, 3.63) is 71.0 Å². The maximum Gasteiger partial charge on any atom is 0.218 e. The lowest BCUT2D eigenvalue weighted by atomic mass is 10.1. The molecule has 2 aromatic rings. The van der Waals surface area contributed by atoms with Crippen molar-refractivity contribution < 1.29 is 12.8 Å². The fourth-order valence-electron chi connectivity index (χ4n) is 3.00. The monoisotopic (exact) mass is 362 g/mol. The van der Waals surface area contributed by atoms with Crippen molar-refractivity contribution >= 4 is 10.0 Å². The van der Waals surface area contributed by atoms with E-state index in [9.17, 15) is 12.8 Å². The largest absolute Gasteiger partial charge is 0.296 e. The number of sulfonamides is 1. The standard InChI is InChI=1S/C19H23FN2O2S/c1-16-2-4-17(5-3-16)14-21-10-12-22(13-11-21)25(23,24)15-18-6-8-19(20)9-7-18/h2-9H,10-15H2,1H3. The zero-order chi connectivity index (χ0) is 17.9. The molecular weight excluding hydrogens is 339 g/mol. The molecule has 6 heteroatoms. The normalized spacial score (nSPS) is 16.9. The number of nitrogens with zero attached hydrogens (tertiary/aromatic N) is 2. The summed E-state index contributed by atoms with van der Waals surface area (Å²) < 4.78 is 39.6. The molecule has 4 nitrogen and oxygen atoms in total. The molecule has 0 unspecified atom stereocenters. The molecule has 1 heterocycles. The molecule has 0 aromatic heterocycles. The van der Waals surface area contributed by atoms with E-state index in [4.69, 9.17) is 0 Å². The molecule has 1 aliphatic heterocycles. The van der Waals surface area contributed by atoms with Crippen molar-refractivity contribution in [2.75, 3.05) is 26.2 Å². The number of hydrogen-bond donors (Lipinski definition) is 0. The fourth-order valence-corrected chi connectivity index (χ4v) is 4.52. The van der Waals surface area contributed by atoms with Crippen LogP contribution in [0.25, 0.3) is 0 Å². The average molecular weight is 362 g/mol. The topological polar surface area (TPSA) is 40.6 Å². The summed E-state index contributed by atoms with van der Waals surface area (Å²) in [5.41, 5.74) is 3.09. The second-order valence-electron chi connectivity index (χ2n) is 6.54. The molecule has 0 N–H and O–H groups in total. The minimum atomic E-state index is -3.37. The van der Waals surface area contributed by atoms with E-state index in [2.05, 4.69) is 36.1 Å². The first-order chi connectivity index (χ1) is 11.9. The van der Waals surface area contributed by atoms with Crippen molar-refractivity contribution in [3.8, 4) is 0 Å². The minimum absolute atomic E-state index is 0.0781. The van der Waals surface area contributed by atoms with E-state index in [1.54, 1.807) is 4.31 Å². The van der Waals surface area contributed by atoms with E-state index >= 15 is 0 Å². The minimum Gasteiger partial charge on any atom is -0.296 e. The first kappa shape index (κ1) is 18.0. The molecule has 0 amide bonds. The molecule has 2 aromatic carbocycles. The Hall–Kier alpha value is -1.76. The van der Waals surface area contributed by atoms with Crippen LogP contribution in [0.1, 0.15) is 16.7 Å². The van der Waals surface area contributed by atoms with E-state index in [1.165, 1.54) is 35.4 Å². The predicted octanol–water partition coefficient (Wildman–Crippen LogP) is 2.78. The molecular formula is C19H23FN2O2S. The summed E-state index contributed by atoms with van der Waals surface area (Å²) >= 11 is 0. The molecule has 1 fully saturated rings. The van der Waals surface area contributed by atoms with Gasteiger partial charge in [-0.15, -0.1) is 0 Å². The number of halogens is 1. The van der Waals surface area contributed by atoms with Crippen LogP contribution >= 0.6 is 0 Å². The van der Waals surface area contributed by atoms with Gasteiger partial charge >= 0.3 is 0 Å². The van der Waals surface area contributed by atoms with Crippen molar-refractivity contribution in [3.63, 3.8) is 0 Å². The maximum atomic E-state index is 13.0. The van der Waals surface area contributed by atoms with Crippen molar-refractivity contribution in [2.45, 2.75) is 19.2 Å². The van der Waals surface area contributed by atoms with Gasteiger partial charge in [-0.25, -0.2) is 12.8 Å². The Morgan fingerprint density at radius 2 is 1.44 bits per heavy atom. The fraction of sp³-hybridized carbons (Fsp3) is 0.368. The second kappa shape index (κ2) is 7.64. The first-order valence-electron chi connectivity index (χ1n) is 8.42. The summed E-state index contributed by atoms with van der Waals surface area (Å²) in [6.07, 6.45) is 0. The van der Waals surface area contributed by atoms with E-state index in [-0.39, 0.29) is 11.6 Å². The Bertz CT molecular complexity index is 796. The predicted molar refractivity (Wildman–Crippen MR) is 97.1 cm³/mol. The van der Waals surface area contributed by atoms with Gasteiger partial charge in [0, 0.05) is 32.7 Å². The van der Waals surface area contributed by atoms with Crippen LogP contribution in [0.15, 0.2) is 48.5 Å². The van der Waals surface area contributed by atoms with Gasteiger partial charge in [0.1, 0.15) is 5.82 Å². The van der Waals surface area contributed by atoms with Gasteiger partial charge in [0.2, 0.25) is 10.0 Å². The van der Waals surface area contributed by atoms with E-state index in [1.807, 2.05) is 0 Å². The molecule has 0 bridgehead atoms. The molecule has 0 aliphatic carbocycles. The van der Waals surface area contributed by atoms with Crippen molar-refractivity contribution in [1.29, 1.82) is 0 Å². The lowest BCUT2D eigenvalue weighted by Crippen LogP contribution is -2.48. The maximum absolute atomic E-state index is 13.0. The van der Waals surface area contributed by atoms with Crippen LogP contribution in [0, 0.1) is 12.7 Å². The Balaban J connectivity index is 1.55. The highest BCUT2D eigenvalue weighted by molar-refractivity contribution is 7.88. The van der Waals surface area contributed by atoms with Crippen LogP contribution in [0.3, 0.4) is 0 Å². The highest BCUT2D eigenvalue weighted by atomic mass is 32.2. The molecule has 25 heavy (non-hydrogen) atoms. The second-order valence-corrected chi connectivity index (χ2v) is 8.51. The van der Waals surface area contributed by atoms with Crippen LogP contribution in [0.4, 0.5) is 4.39 Å². The zero-order valence-corrected chi connectivity index (χ0v) is 15.2. The summed E-state index contributed by atoms with van der Waals surface area (Å²) in [5.74, 6) is -0.434. The van der Waals surface area contributed by atoms with Gasteiger partial charge in [0.15, 0.2) is 0 Å². The van der Waals surface area contributed by atoms with Gasteiger partial charge in [0.05, 0.1) is 5.75 Å². The van der Waals surface area contributed by atoms with Crippen molar-refractivity contribution in [1.82, 2.24) is 9.21 Å². The third-order valence-electron chi connectivity index (χ3n) is 4.51. The molecule has 1 saturated heterocycles. The van der Waals surface area contributed by atoms with Gasteiger partial charge in [-0.05, 0) is 30.2 Å².